The van der Waals surface area contributed by atoms with E-state index >= 15 is 0 Å². The zero-order valence-corrected chi connectivity index (χ0v) is 13.7. The molecule has 0 radical (unpaired) electrons. The van der Waals surface area contributed by atoms with Crippen LogP contribution in [0.3, 0.4) is 0 Å². The molecule has 0 aromatic carbocycles. The molecular formula is C16H32N2O2. The van der Waals surface area contributed by atoms with E-state index in [9.17, 15) is 0 Å². The van der Waals surface area contributed by atoms with Gasteiger partial charge in [-0.1, -0.05) is 0 Å². The SMILES string of the molecule is COCCN(C)CC1CCC2(COC(C)C)CCCN12. The van der Waals surface area contributed by atoms with Gasteiger partial charge in [0.15, 0.2) is 0 Å². The lowest BCUT2D eigenvalue weighted by Crippen LogP contribution is -2.49. The molecule has 4 heteroatoms. The molecule has 0 bridgehead atoms. The standard InChI is InChI=1S/C16H32N2O2/c1-14(2)20-13-16-7-5-9-18(16)15(6-8-16)12-17(3)10-11-19-4/h14-15H,5-13H2,1-4H3. The van der Waals surface area contributed by atoms with Crippen molar-refractivity contribution in [3.05, 3.63) is 0 Å². The minimum Gasteiger partial charge on any atom is -0.383 e. The lowest BCUT2D eigenvalue weighted by molar-refractivity contribution is -0.00785. The fraction of sp³-hybridized carbons (Fsp3) is 1.00. The molecule has 0 saturated carbocycles. The van der Waals surface area contributed by atoms with Crippen molar-refractivity contribution in [2.24, 2.45) is 0 Å². The lowest BCUT2D eigenvalue weighted by Gasteiger charge is -2.36. The molecule has 2 atom stereocenters. The van der Waals surface area contributed by atoms with Gasteiger partial charge in [0, 0.05) is 31.8 Å². The Balaban J connectivity index is 1.88. The molecule has 2 fully saturated rings. The highest BCUT2D eigenvalue weighted by atomic mass is 16.5. The normalized spacial score (nSPS) is 30.6. The molecule has 0 N–H and O–H groups in total. The van der Waals surface area contributed by atoms with Crippen molar-refractivity contribution < 1.29 is 9.47 Å². The van der Waals surface area contributed by atoms with Gasteiger partial charge in [0.1, 0.15) is 0 Å². The van der Waals surface area contributed by atoms with Crippen LogP contribution in [0.5, 0.6) is 0 Å². The fourth-order valence-electron chi connectivity index (χ4n) is 3.83. The summed E-state index contributed by atoms with van der Waals surface area (Å²) in [5.41, 5.74) is 0.344. The van der Waals surface area contributed by atoms with Crippen LogP contribution in [0.15, 0.2) is 0 Å². The van der Waals surface area contributed by atoms with Gasteiger partial charge in [0.25, 0.3) is 0 Å². The molecule has 118 valence electrons. The summed E-state index contributed by atoms with van der Waals surface area (Å²) >= 11 is 0. The molecule has 0 spiro atoms. The smallest absolute Gasteiger partial charge is 0.0654 e. The maximum atomic E-state index is 5.97. The first kappa shape index (κ1) is 16.2. The minimum atomic E-state index is 0.343. The van der Waals surface area contributed by atoms with Gasteiger partial charge >= 0.3 is 0 Å². The van der Waals surface area contributed by atoms with Gasteiger partial charge in [0.2, 0.25) is 0 Å². The molecule has 4 nitrogen and oxygen atoms in total. The monoisotopic (exact) mass is 284 g/mol. The zero-order chi connectivity index (χ0) is 14.6. The highest BCUT2D eigenvalue weighted by molar-refractivity contribution is 5.05. The second-order valence-corrected chi connectivity index (χ2v) is 6.83. The number of rotatable bonds is 8. The van der Waals surface area contributed by atoms with Gasteiger partial charge in [0.05, 0.1) is 19.3 Å². The Morgan fingerprint density at radius 2 is 2.15 bits per heavy atom. The van der Waals surface area contributed by atoms with E-state index in [0.29, 0.717) is 17.7 Å². The average molecular weight is 284 g/mol. The Morgan fingerprint density at radius 1 is 1.35 bits per heavy atom. The quantitative estimate of drug-likeness (QED) is 0.680. The summed E-state index contributed by atoms with van der Waals surface area (Å²) in [7, 11) is 3.98. The molecule has 2 aliphatic heterocycles. The van der Waals surface area contributed by atoms with Gasteiger partial charge < -0.3 is 14.4 Å². The van der Waals surface area contributed by atoms with E-state index in [1.165, 1.54) is 32.2 Å². The Hall–Kier alpha value is -0.160. The Morgan fingerprint density at radius 3 is 2.85 bits per heavy atom. The zero-order valence-electron chi connectivity index (χ0n) is 13.7. The van der Waals surface area contributed by atoms with Crippen molar-refractivity contribution in [3.8, 4) is 0 Å². The van der Waals surface area contributed by atoms with Gasteiger partial charge in [-0.3, -0.25) is 4.90 Å². The Bertz CT molecular complexity index is 298. The van der Waals surface area contributed by atoms with Crippen molar-refractivity contribution in [2.45, 2.75) is 57.2 Å². The van der Waals surface area contributed by atoms with Crippen LogP contribution in [-0.2, 0) is 9.47 Å². The second kappa shape index (κ2) is 7.21. The first-order chi connectivity index (χ1) is 9.57. The number of ether oxygens (including phenoxy) is 2. The number of hydrogen-bond donors (Lipinski definition) is 0. The molecule has 0 aliphatic carbocycles. The summed E-state index contributed by atoms with van der Waals surface area (Å²) in [6.45, 7) is 9.46. The van der Waals surface area contributed by atoms with E-state index in [4.69, 9.17) is 9.47 Å². The molecule has 0 aromatic heterocycles. The molecule has 2 saturated heterocycles. The van der Waals surface area contributed by atoms with E-state index < -0.39 is 0 Å². The third kappa shape index (κ3) is 3.73. The summed E-state index contributed by atoms with van der Waals surface area (Å²) < 4.78 is 11.1. The topological polar surface area (TPSA) is 24.9 Å². The van der Waals surface area contributed by atoms with Crippen LogP contribution < -0.4 is 0 Å². The highest BCUT2D eigenvalue weighted by Gasteiger charge is 2.49. The summed E-state index contributed by atoms with van der Waals surface area (Å²) in [5, 5.41) is 0. The van der Waals surface area contributed by atoms with Gasteiger partial charge in [-0.05, 0) is 53.1 Å². The molecule has 2 heterocycles. The lowest BCUT2D eigenvalue weighted by atomic mass is 9.95. The van der Waals surface area contributed by atoms with E-state index in [2.05, 4.69) is 30.7 Å². The number of fused-ring (bicyclic) bond motifs is 1. The van der Waals surface area contributed by atoms with Crippen LogP contribution in [-0.4, -0.2) is 74.5 Å². The molecule has 2 aliphatic rings. The van der Waals surface area contributed by atoms with E-state index in [1.54, 1.807) is 7.11 Å². The summed E-state index contributed by atoms with van der Waals surface area (Å²) in [6, 6.07) is 0.704. The average Bonchev–Trinajstić information content (AvgIpc) is 2.95. The van der Waals surface area contributed by atoms with Gasteiger partial charge in [-0.2, -0.15) is 0 Å². The summed E-state index contributed by atoms with van der Waals surface area (Å²) in [4.78, 5) is 5.16. The van der Waals surface area contributed by atoms with E-state index in [1.807, 2.05) is 0 Å². The van der Waals surface area contributed by atoms with Crippen LogP contribution in [0, 0.1) is 0 Å². The van der Waals surface area contributed by atoms with Crippen LogP contribution in [0.2, 0.25) is 0 Å². The molecule has 0 amide bonds. The van der Waals surface area contributed by atoms with Crippen LogP contribution >= 0.6 is 0 Å². The summed E-state index contributed by atoms with van der Waals surface area (Å²) in [5.74, 6) is 0. The summed E-state index contributed by atoms with van der Waals surface area (Å²) in [6.07, 6.45) is 5.62. The highest BCUT2D eigenvalue weighted by Crippen LogP contribution is 2.42. The van der Waals surface area contributed by atoms with Crippen molar-refractivity contribution in [1.82, 2.24) is 9.80 Å². The number of hydrogen-bond acceptors (Lipinski definition) is 4. The predicted molar refractivity (Wildman–Crippen MR) is 82.2 cm³/mol. The predicted octanol–water partition coefficient (Wildman–Crippen LogP) is 1.99. The number of likely N-dealkylation sites (N-methyl/N-ethyl adjacent to an activating group) is 1. The first-order valence-corrected chi connectivity index (χ1v) is 8.13. The van der Waals surface area contributed by atoms with Gasteiger partial charge in [-0.15, -0.1) is 0 Å². The van der Waals surface area contributed by atoms with Crippen molar-refractivity contribution >= 4 is 0 Å². The van der Waals surface area contributed by atoms with Crippen molar-refractivity contribution in [2.75, 3.05) is 47.0 Å². The fourth-order valence-corrected chi connectivity index (χ4v) is 3.83. The van der Waals surface area contributed by atoms with E-state index in [-0.39, 0.29) is 0 Å². The molecule has 2 unspecified atom stereocenters. The Kier molecular flexibility index (Phi) is 5.84. The number of methoxy groups -OCH3 is 1. The third-order valence-corrected chi connectivity index (χ3v) is 4.92. The second-order valence-electron chi connectivity index (χ2n) is 6.83. The largest absolute Gasteiger partial charge is 0.383 e. The van der Waals surface area contributed by atoms with Crippen molar-refractivity contribution in [3.63, 3.8) is 0 Å². The number of nitrogens with zero attached hydrogens (tertiary/aromatic N) is 2. The Labute approximate surface area is 124 Å². The van der Waals surface area contributed by atoms with Crippen LogP contribution in [0.1, 0.15) is 39.5 Å². The molecule has 20 heavy (non-hydrogen) atoms. The third-order valence-electron chi connectivity index (χ3n) is 4.92. The first-order valence-electron chi connectivity index (χ1n) is 8.13. The maximum Gasteiger partial charge on any atom is 0.0654 e. The molecular weight excluding hydrogens is 252 g/mol. The van der Waals surface area contributed by atoms with E-state index in [0.717, 1.165) is 26.3 Å². The molecule has 2 rings (SSSR count). The van der Waals surface area contributed by atoms with Crippen molar-refractivity contribution in [1.29, 1.82) is 0 Å². The van der Waals surface area contributed by atoms with Crippen LogP contribution in [0.25, 0.3) is 0 Å². The van der Waals surface area contributed by atoms with Crippen LogP contribution in [0.4, 0.5) is 0 Å². The maximum absolute atomic E-state index is 5.97. The van der Waals surface area contributed by atoms with Gasteiger partial charge in [-0.25, -0.2) is 0 Å². The molecule has 0 aromatic rings. The minimum absolute atomic E-state index is 0.343.